The summed E-state index contributed by atoms with van der Waals surface area (Å²) in [5.41, 5.74) is 2.32. The Hall–Kier alpha value is -1.81. The molecule has 4 heteroatoms. The van der Waals surface area contributed by atoms with Gasteiger partial charge in [-0.2, -0.15) is 0 Å². The van der Waals surface area contributed by atoms with E-state index in [0.717, 1.165) is 25.9 Å². The van der Waals surface area contributed by atoms with Crippen molar-refractivity contribution in [3.63, 3.8) is 0 Å². The molecule has 1 unspecified atom stereocenters. The zero-order valence-electron chi connectivity index (χ0n) is 14.3. The Morgan fingerprint density at radius 3 is 2.96 bits per heavy atom. The Kier molecular flexibility index (Phi) is 4.44. The van der Waals surface area contributed by atoms with Crippen LogP contribution >= 0.6 is 0 Å². The molecule has 1 aromatic heterocycles. The van der Waals surface area contributed by atoms with E-state index < -0.39 is 0 Å². The van der Waals surface area contributed by atoms with Crippen molar-refractivity contribution in [2.45, 2.75) is 51.2 Å². The molecule has 0 bridgehead atoms. The molecule has 1 atom stereocenters. The molecule has 1 N–H and O–H groups in total. The van der Waals surface area contributed by atoms with Gasteiger partial charge in [0.25, 0.3) is 0 Å². The van der Waals surface area contributed by atoms with Gasteiger partial charge in [0.05, 0.1) is 5.60 Å². The van der Waals surface area contributed by atoms with Crippen molar-refractivity contribution >= 4 is 16.8 Å². The summed E-state index contributed by atoms with van der Waals surface area (Å²) in [6, 6.07) is 8.58. The number of aromatic nitrogens is 1. The van der Waals surface area contributed by atoms with Gasteiger partial charge in [-0.1, -0.05) is 18.2 Å². The predicted octanol–water partition coefficient (Wildman–Crippen LogP) is 3.18. The highest BCUT2D eigenvalue weighted by molar-refractivity contribution is 5.85. The number of hydrogen-bond acceptors (Lipinski definition) is 2. The van der Waals surface area contributed by atoms with Gasteiger partial charge in [0.1, 0.15) is 0 Å². The number of para-hydroxylation sites is 1. The largest absolute Gasteiger partial charge is 0.375 e. The summed E-state index contributed by atoms with van der Waals surface area (Å²) in [6.45, 7) is 4.89. The number of benzene rings is 1. The minimum Gasteiger partial charge on any atom is -0.375 e. The molecule has 1 fully saturated rings. The molecule has 1 aliphatic rings. The number of hydrogen-bond donors (Lipinski definition) is 1. The van der Waals surface area contributed by atoms with Gasteiger partial charge in [0.2, 0.25) is 5.91 Å². The van der Waals surface area contributed by atoms with Crippen LogP contribution in [0.15, 0.2) is 30.5 Å². The van der Waals surface area contributed by atoms with E-state index in [1.807, 2.05) is 6.07 Å². The quantitative estimate of drug-likeness (QED) is 0.942. The van der Waals surface area contributed by atoms with Gasteiger partial charge >= 0.3 is 0 Å². The standard InChI is InChI=1S/C19H26N2O2/c1-19(2)12-15(10-11-23-19)20-18(22)9-8-14-13-21(3)17-7-5-4-6-16(14)17/h4-7,13,15H,8-12H2,1-3H3,(H,20,22). The average Bonchev–Trinajstić information content (AvgIpc) is 2.81. The molecule has 0 radical (unpaired) electrons. The van der Waals surface area contributed by atoms with Crippen LogP contribution in [0.3, 0.4) is 0 Å². The summed E-state index contributed by atoms with van der Waals surface area (Å²) in [4.78, 5) is 12.3. The molecule has 0 saturated carbocycles. The van der Waals surface area contributed by atoms with Crippen molar-refractivity contribution in [3.05, 3.63) is 36.0 Å². The molecule has 4 nitrogen and oxygen atoms in total. The van der Waals surface area contributed by atoms with Gasteiger partial charge in [-0.15, -0.1) is 0 Å². The monoisotopic (exact) mass is 314 g/mol. The molecule has 23 heavy (non-hydrogen) atoms. The second-order valence-corrected chi connectivity index (χ2v) is 7.15. The third kappa shape index (κ3) is 3.75. The maximum absolute atomic E-state index is 12.3. The van der Waals surface area contributed by atoms with Gasteiger partial charge in [0.15, 0.2) is 0 Å². The van der Waals surface area contributed by atoms with Gasteiger partial charge in [-0.05, 0) is 44.7 Å². The summed E-state index contributed by atoms with van der Waals surface area (Å²) in [7, 11) is 2.05. The first-order valence-electron chi connectivity index (χ1n) is 8.41. The summed E-state index contributed by atoms with van der Waals surface area (Å²) in [6.07, 6.45) is 5.23. The number of carbonyl (C=O) groups excluding carboxylic acids is 1. The summed E-state index contributed by atoms with van der Waals surface area (Å²) < 4.78 is 7.83. The molecule has 1 amide bonds. The molecular weight excluding hydrogens is 288 g/mol. The molecular formula is C19H26N2O2. The predicted molar refractivity (Wildman–Crippen MR) is 92.4 cm³/mol. The highest BCUT2D eigenvalue weighted by Crippen LogP contribution is 2.24. The van der Waals surface area contributed by atoms with Crippen LogP contribution in [0.1, 0.15) is 38.7 Å². The Labute approximate surface area is 137 Å². The summed E-state index contributed by atoms with van der Waals surface area (Å²) in [5, 5.41) is 4.42. The molecule has 3 rings (SSSR count). The van der Waals surface area contributed by atoms with Crippen molar-refractivity contribution in [1.82, 2.24) is 9.88 Å². The first-order valence-corrected chi connectivity index (χ1v) is 8.41. The Bertz CT molecular complexity index is 702. The molecule has 124 valence electrons. The molecule has 2 aromatic rings. The van der Waals surface area contributed by atoms with Gasteiger partial charge in [-0.25, -0.2) is 0 Å². The number of fused-ring (bicyclic) bond motifs is 1. The van der Waals surface area contributed by atoms with Crippen LogP contribution in [-0.4, -0.2) is 28.7 Å². The number of aryl methyl sites for hydroxylation is 2. The topological polar surface area (TPSA) is 43.3 Å². The molecule has 0 aliphatic carbocycles. The third-order valence-electron chi connectivity index (χ3n) is 4.66. The van der Waals surface area contributed by atoms with E-state index in [0.29, 0.717) is 6.42 Å². The Morgan fingerprint density at radius 2 is 2.17 bits per heavy atom. The smallest absolute Gasteiger partial charge is 0.220 e. The number of rotatable bonds is 4. The van der Waals surface area contributed by atoms with Crippen LogP contribution in [0.5, 0.6) is 0 Å². The van der Waals surface area contributed by atoms with E-state index in [-0.39, 0.29) is 17.6 Å². The third-order valence-corrected chi connectivity index (χ3v) is 4.66. The lowest BCUT2D eigenvalue weighted by Crippen LogP contribution is -2.45. The second kappa shape index (κ2) is 6.36. The first kappa shape index (κ1) is 16.1. The summed E-state index contributed by atoms with van der Waals surface area (Å²) >= 11 is 0. The molecule has 0 spiro atoms. The maximum atomic E-state index is 12.3. The fraction of sp³-hybridized carbons (Fsp3) is 0.526. The van der Waals surface area contributed by atoms with E-state index in [4.69, 9.17) is 4.74 Å². The van der Waals surface area contributed by atoms with Crippen LogP contribution in [-0.2, 0) is 23.0 Å². The van der Waals surface area contributed by atoms with E-state index in [1.165, 1.54) is 16.5 Å². The van der Waals surface area contributed by atoms with E-state index in [9.17, 15) is 4.79 Å². The summed E-state index contributed by atoms with van der Waals surface area (Å²) in [5.74, 6) is 0.139. The lowest BCUT2D eigenvalue weighted by Gasteiger charge is -2.35. The van der Waals surface area contributed by atoms with E-state index >= 15 is 0 Å². The van der Waals surface area contributed by atoms with Crippen LogP contribution in [0, 0.1) is 0 Å². The minimum absolute atomic E-state index is 0.133. The number of nitrogens with zero attached hydrogens (tertiary/aromatic N) is 1. The van der Waals surface area contributed by atoms with Crippen LogP contribution in [0.4, 0.5) is 0 Å². The van der Waals surface area contributed by atoms with Crippen molar-refractivity contribution in [3.8, 4) is 0 Å². The van der Waals surface area contributed by atoms with Crippen LogP contribution in [0.2, 0.25) is 0 Å². The Morgan fingerprint density at radius 1 is 1.39 bits per heavy atom. The van der Waals surface area contributed by atoms with Crippen LogP contribution in [0.25, 0.3) is 10.9 Å². The van der Waals surface area contributed by atoms with E-state index in [1.54, 1.807) is 0 Å². The van der Waals surface area contributed by atoms with Gasteiger partial charge in [-0.3, -0.25) is 4.79 Å². The highest BCUT2D eigenvalue weighted by Gasteiger charge is 2.29. The first-order chi connectivity index (χ1) is 10.9. The van der Waals surface area contributed by atoms with Crippen molar-refractivity contribution in [2.24, 2.45) is 7.05 Å². The van der Waals surface area contributed by atoms with Crippen molar-refractivity contribution in [2.75, 3.05) is 6.61 Å². The lowest BCUT2D eigenvalue weighted by molar-refractivity contribution is -0.124. The van der Waals surface area contributed by atoms with Crippen molar-refractivity contribution in [1.29, 1.82) is 0 Å². The number of nitrogens with one attached hydrogen (secondary N) is 1. The fourth-order valence-electron chi connectivity index (χ4n) is 3.53. The SMILES string of the molecule is Cn1cc(CCC(=O)NC2CCOC(C)(C)C2)c2ccccc21. The van der Waals surface area contributed by atoms with Gasteiger partial charge < -0.3 is 14.6 Å². The zero-order valence-corrected chi connectivity index (χ0v) is 14.3. The van der Waals surface area contributed by atoms with E-state index in [2.05, 4.69) is 55.2 Å². The Balaban J connectivity index is 1.58. The van der Waals surface area contributed by atoms with Crippen LogP contribution < -0.4 is 5.32 Å². The molecule has 1 saturated heterocycles. The molecule has 1 aliphatic heterocycles. The molecule has 2 heterocycles. The van der Waals surface area contributed by atoms with Gasteiger partial charge in [0, 0.05) is 43.2 Å². The normalized spacial score (nSPS) is 20.6. The number of ether oxygens (including phenoxy) is 1. The van der Waals surface area contributed by atoms with Crippen molar-refractivity contribution < 1.29 is 9.53 Å². The number of amides is 1. The maximum Gasteiger partial charge on any atom is 0.220 e. The fourth-order valence-corrected chi connectivity index (χ4v) is 3.53. The highest BCUT2D eigenvalue weighted by atomic mass is 16.5. The second-order valence-electron chi connectivity index (χ2n) is 7.15. The minimum atomic E-state index is -0.133. The number of carbonyl (C=O) groups is 1. The average molecular weight is 314 g/mol. The lowest BCUT2D eigenvalue weighted by atomic mass is 9.94. The zero-order chi connectivity index (χ0) is 16.4. The molecule has 1 aromatic carbocycles.